The van der Waals surface area contributed by atoms with Crippen LogP contribution in [-0.2, 0) is 16.6 Å². The van der Waals surface area contributed by atoms with Crippen LogP contribution in [0.25, 0.3) is 0 Å². The highest BCUT2D eigenvalue weighted by molar-refractivity contribution is 7.89. The molecule has 20 heavy (non-hydrogen) atoms. The lowest BCUT2D eigenvalue weighted by molar-refractivity contribution is 0.456. The van der Waals surface area contributed by atoms with Crippen LogP contribution in [-0.4, -0.2) is 24.8 Å². The van der Waals surface area contributed by atoms with Crippen molar-refractivity contribution in [3.05, 3.63) is 59.1 Å². The van der Waals surface area contributed by atoms with Gasteiger partial charge in [-0.25, -0.2) is 17.8 Å². The fourth-order valence-corrected chi connectivity index (χ4v) is 3.26. The average Bonchev–Trinajstić information content (AvgIpc) is 2.41. The topological polar surface area (TPSA) is 50.3 Å². The third-order valence-corrected chi connectivity index (χ3v) is 5.01. The average molecular weight is 315 g/mol. The molecular weight excluding hydrogens is 303 g/mol. The molecule has 1 heterocycles. The van der Waals surface area contributed by atoms with Crippen molar-refractivity contribution in [3.8, 4) is 0 Å². The first-order chi connectivity index (χ1) is 9.43. The van der Waals surface area contributed by atoms with Gasteiger partial charge in [-0.15, -0.1) is 0 Å². The molecule has 0 atom stereocenters. The van der Waals surface area contributed by atoms with Crippen molar-refractivity contribution in [2.45, 2.75) is 11.4 Å². The van der Waals surface area contributed by atoms with Crippen LogP contribution in [0, 0.1) is 5.82 Å². The van der Waals surface area contributed by atoms with Gasteiger partial charge < -0.3 is 0 Å². The maximum Gasteiger partial charge on any atom is 0.246 e. The van der Waals surface area contributed by atoms with E-state index in [-0.39, 0.29) is 16.6 Å². The third-order valence-electron chi connectivity index (χ3n) is 2.76. The normalized spacial score (nSPS) is 11.8. The number of hydrogen-bond donors (Lipinski definition) is 0. The van der Waals surface area contributed by atoms with Crippen LogP contribution in [0.1, 0.15) is 5.56 Å². The predicted molar refractivity (Wildman–Crippen MR) is 74.3 cm³/mol. The Balaban J connectivity index is 2.31. The molecule has 0 aliphatic heterocycles. The molecule has 2 rings (SSSR count). The molecule has 0 amide bonds. The molecule has 7 heteroatoms. The van der Waals surface area contributed by atoms with E-state index < -0.39 is 15.8 Å². The highest BCUT2D eigenvalue weighted by Gasteiger charge is 2.24. The van der Waals surface area contributed by atoms with Crippen molar-refractivity contribution in [2.24, 2.45) is 0 Å². The van der Waals surface area contributed by atoms with E-state index in [1.54, 1.807) is 12.1 Å². The first-order valence-corrected chi connectivity index (χ1v) is 7.55. The summed E-state index contributed by atoms with van der Waals surface area (Å²) in [7, 11) is -2.45. The number of aromatic nitrogens is 1. The van der Waals surface area contributed by atoms with Crippen LogP contribution in [0.15, 0.2) is 47.5 Å². The lowest BCUT2D eigenvalue weighted by Gasteiger charge is -2.18. The number of hydrogen-bond acceptors (Lipinski definition) is 3. The summed E-state index contributed by atoms with van der Waals surface area (Å²) in [6.45, 7) is -0.0831. The SMILES string of the molecule is CN(Cc1ccccc1F)S(=O)(=O)c1cccnc1Cl. The van der Waals surface area contributed by atoms with E-state index in [1.165, 1.54) is 37.5 Å². The van der Waals surface area contributed by atoms with Gasteiger partial charge in [0.1, 0.15) is 15.9 Å². The Morgan fingerprint density at radius 2 is 1.95 bits per heavy atom. The largest absolute Gasteiger partial charge is 0.246 e. The summed E-state index contributed by atoms with van der Waals surface area (Å²) < 4.78 is 39.3. The zero-order chi connectivity index (χ0) is 14.8. The Labute approximate surface area is 121 Å². The second-order valence-corrected chi connectivity index (χ2v) is 6.52. The van der Waals surface area contributed by atoms with Crippen LogP contribution < -0.4 is 0 Å². The molecule has 0 N–H and O–H groups in total. The van der Waals surface area contributed by atoms with Gasteiger partial charge in [-0.05, 0) is 18.2 Å². The molecule has 0 unspecified atom stereocenters. The molecule has 0 fully saturated rings. The Kier molecular flexibility index (Phi) is 4.37. The zero-order valence-electron chi connectivity index (χ0n) is 10.6. The van der Waals surface area contributed by atoms with Crippen molar-refractivity contribution in [1.29, 1.82) is 0 Å². The molecule has 2 aromatic rings. The van der Waals surface area contributed by atoms with Gasteiger partial charge in [0.15, 0.2) is 0 Å². The number of pyridine rings is 1. The number of benzene rings is 1. The molecule has 0 saturated carbocycles. The van der Waals surface area contributed by atoms with Gasteiger partial charge in [-0.3, -0.25) is 0 Å². The fraction of sp³-hybridized carbons (Fsp3) is 0.154. The first-order valence-electron chi connectivity index (χ1n) is 5.73. The van der Waals surface area contributed by atoms with Crippen molar-refractivity contribution in [1.82, 2.24) is 9.29 Å². The maximum absolute atomic E-state index is 13.6. The number of rotatable bonds is 4. The second kappa shape index (κ2) is 5.87. The summed E-state index contributed by atoms with van der Waals surface area (Å²) in [4.78, 5) is 3.64. The van der Waals surface area contributed by atoms with E-state index >= 15 is 0 Å². The summed E-state index contributed by atoms with van der Waals surface area (Å²) in [5, 5.41) is -0.104. The van der Waals surface area contributed by atoms with Gasteiger partial charge in [0.2, 0.25) is 10.0 Å². The molecule has 0 bridgehead atoms. The fourth-order valence-electron chi connectivity index (χ4n) is 1.68. The lowest BCUT2D eigenvalue weighted by atomic mass is 10.2. The van der Waals surface area contributed by atoms with Gasteiger partial charge in [0, 0.05) is 25.4 Å². The quantitative estimate of drug-likeness (QED) is 0.815. The van der Waals surface area contributed by atoms with Crippen LogP contribution >= 0.6 is 11.6 Å². The van der Waals surface area contributed by atoms with Gasteiger partial charge in [-0.2, -0.15) is 4.31 Å². The van der Waals surface area contributed by atoms with E-state index in [0.717, 1.165) is 4.31 Å². The molecule has 0 spiro atoms. The Morgan fingerprint density at radius 1 is 1.25 bits per heavy atom. The van der Waals surface area contributed by atoms with Gasteiger partial charge >= 0.3 is 0 Å². The Bertz CT molecular complexity index is 722. The van der Waals surface area contributed by atoms with Crippen LogP contribution in [0.2, 0.25) is 5.15 Å². The lowest BCUT2D eigenvalue weighted by Crippen LogP contribution is -2.27. The molecular formula is C13H12ClFN2O2S. The molecule has 0 radical (unpaired) electrons. The minimum atomic E-state index is -3.81. The molecule has 0 saturated heterocycles. The van der Waals surface area contributed by atoms with E-state index in [1.807, 2.05) is 0 Å². The molecule has 4 nitrogen and oxygen atoms in total. The van der Waals surface area contributed by atoms with Gasteiger partial charge in [0.25, 0.3) is 0 Å². The smallest absolute Gasteiger partial charge is 0.243 e. The predicted octanol–water partition coefficient (Wildman–Crippen LogP) is 2.69. The minimum Gasteiger partial charge on any atom is -0.243 e. The highest BCUT2D eigenvalue weighted by atomic mass is 35.5. The second-order valence-electron chi connectivity index (χ2n) is 4.14. The number of sulfonamides is 1. The monoisotopic (exact) mass is 314 g/mol. The summed E-state index contributed by atoms with van der Waals surface area (Å²) in [6.07, 6.45) is 1.40. The van der Waals surface area contributed by atoms with Gasteiger partial charge in [-0.1, -0.05) is 29.8 Å². The summed E-state index contributed by atoms with van der Waals surface area (Å²) in [5.41, 5.74) is 0.290. The van der Waals surface area contributed by atoms with E-state index in [2.05, 4.69) is 4.98 Å². The minimum absolute atomic E-state index is 0.0831. The zero-order valence-corrected chi connectivity index (χ0v) is 12.2. The van der Waals surface area contributed by atoms with Crippen molar-refractivity contribution < 1.29 is 12.8 Å². The van der Waals surface area contributed by atoms with Crippen LogP contribution in [0.4, 0.5) is 4.39 Å². The van der Waals surface area contributed by atoms with E-state index in [4.69, 9.17) is 11.6 Å². The standard InChI is InChI=1S/C13H12ClFN2O2S/c1-17(9-10-5-2-3-6-11(10)15)20(18,19)12-7-4-8-16-13(12)14/h2-8H,9H2,1H3. The maximum atomic E-state index is 13.6. The summed E-state index contributed by atoms with van der Waals surface area (Å²) in [5.74, 6) is -0.452. The highest BCUT2D eigenvalue weighted by Crippen LogP contribution is 2.23. The molecule has 0 aliphatic carbocycles. The van der Waals surface area contributed by atoms with E-state index in [0.29, 0.717) is 5.56 Å². The van der Waals surface area contributed by atoms with Crippen molar-refractivity contribution in [2.75, 3.05) is 7.05 Å². The number of halogens is 2. The van der Waals surface area contributed by atoms with E-state index in [9.17, 15) is 12.8 Å². The summed E-state index contributed by atoms with van der Waals surface area (Å²) >= 11 is 5.80. The third kappa shape index (κ3) is 2.98. The summed E-state index contributed by atoms with van der Waals surface area (Å²) in [6, 6.07) is 8.86. The van der Waals surface area contributed by atoms with Crippen LogP contribution in [0.5, 0.6) is 0 Å². The van der Waals surface area contributed by atoms with Crippen molar-refractivity contribution in [3.63, 3.8) is 0 Å². The Hall–Kier alpha value is -1.50. The Morgan fingerprint density at radius 3 is 2.60 bits per heavy atom. The molecule has 1 aromatic carbocycles. The van der Waals surface area contributed by atoms with Gasteiger partial charge in [0.05, 0.1) is 0 Å². The molecule has 1 aromatic heterocycles. The molecule has 106 valence electrons. The first kappa shape index (κ1) is 14.9. The van der Waals surface area contributed by atoms with Crippen molar-refractivity contribution >= 4 is 21.6 Å². The number of nitrogens with zero attached hydrogens (tertiary/aromatic N) is 2. The van der Waals surface area contributed by atoms with Crippen LogP contribution in [0.3, 0.4) is 0 Å². The molecule has 0 aliphatic rings.